The van der Waals surface area contributed by atoms with Gasteiger partial charge < -0.3 is 11.1 Å². The van der Waals surface area contributed by atoms with E-state index in [0.29, 0.717) is 5.82 Å². The first-order valence-corrected chi connectivity index (χ1v) is 8.11. The number of hydrogen-bond donors (Lipinski definition) is 2. The molecule has 0 radical (unpaired) electrons. The maximum absolute atomic E-state index is 11.2. The molecular weight excluding hydrogens is 300 g/mol. The number of nitrogens with zero attached hydrogens (tertiary/aromatic N) is 4. The molecule has 3 heterocycles. The molecule has 0 saturated carbocycles. The average molecular weight is 318 g/mol. The largest absolute Gasteiger partial charge is 0.369 e. The van der Waals surface area contributed by atoms with Crippen LogP contribution in [0.2, 0.25) is 0 Å². The molecule has 116 valence electrons. The van der Waals surface area contributed by atoms with Crippen molar-refractivity contribution in [3.63, 3.8) is 0 Å². The number of primary amides is 1. The predicted octanol–water partition coefficient (Wildman–Crippen LogP) is 1.69. The SMILES string of the molecule is NC(=O)CN1CCCCC1c1csc(Nc2cnccn2)n1. The molecule has 8 heteroatoms. The minimum Gasteiger partial charge on any atom is -0.369 e. The second kappa shape index (κ2) is 6.80. The summed E-state index contributed by atoms with van der Waals surface area (Å²) in [6, 6.07) is 0.162. The lowest BCUT2D eigenvalue weighted by Crippen LogP contribution is -2.39. The molecule has 1 aliphatic heterocycles. The number of likely N-dealkylation sites (tertiary alicyclic amines) is 1. The van der Waals surface area contributed by atoms with Gasteiger partial charge in [-0.2, -0.15) is 0 Å². The van der Waals surface area contributed by atoms with Crippen LogP contribution in [-0.4, -0.2) is 38.8 Å². The number of piperidine rings is 1. The highest BCUT2D eigenvalue weighted by Crippen LogP contribution is 2.32. The minimum absolute atomic E-state index is 0.162. The van der Waals surface area contributed by atoms with E-state index in [1.807, 2.05) is 5.38 Å². The number of hydrogen-bond acceptors (Lipinski definition) is 7. The Labute approximate surface area is 132 Å². The number of thiazole rings is 1. The number of nitrogens with two attached hydrogens (primary N) is 1. The molecule has 0 spiro atoms. The van der Waals surface area contributed by atoms with Gasteiger partial charge in [0.2, 0.25) is 5.91 Å². The van der Waals surface area contributed by atoms with E-state index in [1.165, 1.54) is 11.3 Å². The highest BCUT2D eigenvalue weighted by Gasteiger charge is 2.26. The minimum atomic E-state index is -0.292. The van der Waals surface area contributed by atoms with Crippen molar-refractivity contribution in [3.05, 3.63) is 29.7 Å². The molecule has 1 unspecified atom stereocenters. The lowest BCUT2D eigenvalue weighted by Gasteiger charge is -2.33. The molecule has 1 fully saturated rings. The Morgan fingerprint density at radius 2 is 2.36 bits per heavy atom. The molecule has 2 aromatic heterocycles. The molecule has 2 aromatic rings. The number of aromatic nitrogens is 3. The van der Waals surface area contributed by atoms with Crippen molar-refractivity contribution in [3.8, 4) is 0 Å². The first-order valence-electron chi connectivity index (χ1n) is 7.23. The second-order valence-corrected chi connectivity index (χ2v) is 6.10. The highest BCUT2D eigenvalue weighted by atomic mass is 32.1. The van der Waals surface area contributed by atoms with Gasteiger partial charge in [0.05, 0.1) is 24.5 Å². The highest BCUT2D eigenvalue weighted by molar-refractivity contribution is 7.13. The number of anilines is 2. The Hall–Kier alpha value is -2.06. The average Bonchev–Trinajstić information content (AvgIpc) is 2.96. The van der Waals surface area contributed by atoms with Gasteiger partial charge >= 0.3 is 0 Å². The van der Waals surface area contributed by atoms with Gasteiger partial charge in [-0.1, -0.05) is 6.42 Å². The Morgan fingerprint density at radius 3 is 3.14 bits per heavy atom. The molecular formula is C14H18N6OS. The van der Waals surface area contributed by atoms with Crippen molar-refractivity contribution in [2.24, 2.45) is 5.73 Å². The summed E-state index contributed by atoms with van der Waals surface area (Å²) in [5, 5.41) is 5.95. The number of amides is 1. The summed E-state index contributed by atoms with van der Waals surface area (Å²) < 4.78 is 0. The van der Waals surface area contributed by atoms with E-state index in [0.717, 1.165) is 36.6 Å². The van der Waals surface area contributed by atoms with E-state index in [9.17, 15) is 4.79 Å². The third kappa shape index (κ3) is 3.58. The van der Waals surface area contributed by atoms with Gasteiger partial charge in [-0.15, -0.1) is 11.3 Å². The maximum atomic E-state index is 11.2. The lowest BCUT2D eigenvalue weighted by atomic mass is 10.00. The summed E-state index contributed by atoms with van der Waals surface area (Å²) in [4.78, 5) is 26.2. The first kappa shape index (κ1) is 14.9. The van der Waals surface area contributed by atoms with Crippen molar-refractivity contribution in [2.75, 3.05) is 18.4 Å². The molecule has 3 rings (SSSR count). The zero-order valence-corrected chi connectivity index (χ0v) is 12.9. The summed E-state index contributed by atoms with van der Waals surface area (Å²) in [7, 11) is 0. The van der Waals surface area contributed by atoms with Crippen LogP contribution in [0, 0.1) is 0 Å². The Bertz CT molecular complexity index is 631. The van der Waals surface area contributed by atoms with Crippen LogP contribution in [-0.2, 0) is 4.79 Å². The van der Waals surface area contributed by atoms with Gasteiger partial charge in [-0.25, -0.2) is 9.97 Å². The molecule has 1 aliphatic rings. The van der Waals surface area contributed by atoms with E-state index in [-0.39, 0.29) is 18.5 Å². The van der Waals surface area contributed by atoms with E-state index in [2.05, 4.69) is 25.2 Å². The second-order valence-electron chi connectivity index (χ2n) is 5.24. The van der Waals surface area contributed by atoms with Crippen LogP contribution in [0.15, 0.2) is 24.0 Å². The third-order valence-corrected chi connectivity index (χ3v) is 4.41. The first-order chi connectivity index (χ1) is 10.7. The van der Waals surface area contributed by atoms with Gasteiger partial charge in [-0.3, -0.25) is 14.7 Å². The van der Waals surface area contributed by atoms with E-state index >= 15 is 0 Å². The van der Waals surface area contributed by atoms with Crippen LogP contribution in [0.1, 0.15) is 31.0 Å². The zero-order valence-electron chi connectivity index (χ0n) is 12.1. The summed E-state index contributed by atoms with van der Waals surface area (Å²) in [5.74, 6) is 0.376. The summed E-state index contributed by atoms with van der Waals surface area (Å²) in [6.07, 6.45) is 8.15. The maximum Gasteiger partial charge on any atom is 0.231 e. The molecule has 0 aliphatic carbocycles. The lowest BCUT2D eigenvalue weighted by molar-refractivity contribution is -0.120. The molecule has 0 aromatic carbocycles. The molecule has 22 heavy (non-hydrogen) atoms. The standard InChI is InChI=1S/C14H18N6OS/c15-12(21)8-20-6-2-1-3-11(20)10-9-22-14(18-10)19-13-7-16-4-5-17-13/h4-5,7,9,11H,1-3,6,8H2,(H2,15,21)(H,17,18,19). The number of rotatable bonds is 5. The molecule has 1 amide bonds. The number of carbonyl (C=O) groups is 1. The quantitative estimate of drug-likeness (QED) is 0.870. The van der Waals surface area contributed by atoms with Crippen LogP contribution in [0.25, 0.3) is 0 Å². The molecule has 0 bridgehead atoms. The topological polar surface area (TPSA) is 97.0 Å². The fourth-order valence-corrected chi connectivity index (χ4v) is 3.45. The van der Waals surface area contributed by atoms with Crippen LogP contribution < -0.4 is 11.1 Å². The summed E-state index contributed by atoms with van der Waals surface area (Å²) >= 11 is 1.53. The fraction of sp³-hybridized carbons (Fsp3) is 0.429. The zero-order chi connectivity index (χ0) is 15.4. The Morgan fingerprint density at radius 1 is 1.45 bits per heavy atom. The molecule has 1 saturated heterocycles. The third-order valence-electron chi connectivity index (χ3n) is 3.63. The summed E-state index contributed by atoms with van der Waals surface area (Å²) in [5.41, 5.74) is 6.33. The fourth-order valence-electron chi connectivity index (χ4n) is 2.69. The van der Waals surface area contributed by atoms with Crippen molar-refractivity contribution in [1.82, 2.24) is 19.9 Å². The van der Waals surface area contributed by atoms with Crippen LogP contribution in [0.3, 0.4) is 0 Å². The van der Waals surface area contributed by atoms with Crippen LogP contribution >= 0.6 is 11.3 Å². The van der Waals surface area contributed by atoms with E-state index in [1.54, 1.807) is 18.6 Å². The van der Waals surface area contributed by atoms with E-state index < -0.39 is 0 Å². The molecule has 7 nitrogen and oxygen atoms in total. The van der Waals surface area contributed by atoms with E-state index in [4.69, 9.17) is 5.73 Å². The molecule has 1 atom stereocenters. The van der Waals surface area contributed by atoms with Crippen molar-refractivity contribution >= 4 is 28.2 Å². The summed E-state index contributed by atoms with van der Waals surface area (Å²) in [6.45, 7) is 1.17. The number of carbonyl (C=O) groups excluding carboxylic acids is 1. The van der Waals surface area contributed by atoms with Gasteiger partial charge in [-0.05, 0) is 19.4 Å². The van der Waals surface area contributed by atoms with Crippen molar-refractivity contribution < 1.29 is 4.79 Å². The smallest absolute Gasteiger partial charge is 0.231 e. The van der Waals surface area contributed by atoms with Crippen molar-refractivity contribution in [2.45, 2.75) is 25.3 Å². The van der Waals surface area contributed by atoms with Gasteiger partial charge in [0.1, 0.15) is 0 Å². The van der Waals surface area contributed by atoms with Gasteiger partial charge in [0.25, 0.3) is 0 Å². The van der Waals surface area contributed by atoms with Gasteiger partial charge in [0, 0.05) is 17.8 Å². The predicted molar refractivity (Wildman–Crippen MR) is 84.8 cm³/mol. The van der Waals surface area contributed by atoms with Crippen molar-refractivity contribution in [1.29, 1.82) is 0 Å². The Balaban J connectivity index is 1.72. The monoisotopic (exact) mass is 318 g/mol. The number of nitrogens with one attached hydrogen (secondary N) is 1. The Kier molecular flexibility index (Phi) is 4.59. The normalized spacial score (nSPS) is 19.0. The van der Waals surface area contributed by atoms with Crippen LogP contribution in [0.4, 0.5) is 10.9 Å². The molecule has 3 N–H and O–H groups in total. The van der Waals surface area contributed by atoms with Gasteiger partial charge in [0.15, 0.2) is 10.9 Å². The van der Waals surface area contributed by atoms with Crippen LogP contribution in [0.5, 0.6) is 0 Å².